The average Bonchev–Trinajstić information content (AvgIpc) is 2.81. The van der Waals surface area contributed by atoms with Crippen molar-refractivity contribution in [3.8, 4) is 0 Å². The molecule has 0 saturated carbocycles. The van der Waals surface area contributed by atoms with Crippen molar-refractivity contribution in [3.63, 3.8) is 0 Å². The second-order valence-corrected chi connectivity index (χ2v) is 6.31. The molecule has 0 aromatic heterocycles. The molecule has 112 valence electrons. The Balaban J connectivity index is 1.74. The molecule has 20 heavy (non-hydrogen) atoms. The van der Waals surface area contributed by atoms with Crippen LogP contribution in [-0.2, 0) is 6.42 Å². The summed E-state index contributed by atoms with van der Waals surface area (Å²) in [6.07, 6.45) is 2.36. The van der Waals surface area contributed by atoms with E-state index in [4.69, 9.17) is 0 Å². The standard InChI is InChI=1S/C17H28N2O/c1-18(2)11-16-12-19(13-17(16)14-20)10-6-9-15-7-4-3-5-8-15/h3-5,7-8,16-17,20H,6,9-14H2,1-2H3/t16-,17-/m1/s1. The van der Waals surface area contributed by atoms with Crippen molar-refractivity contribution in [2.75, 3.05) is 46.9 Å². The molecule has 1 heterocycles. The van der Waals surface area contributed by atoms with Crippen LogP contribution in [0.2, 0.25) is 0 Å². The van der Waals surface area contributed by atoms with E-state index in [2.05, 4.69) is 54.2 Å². The predicted molar refractivity (Wildman–Crippen MR) is 83.8 cm³/mol. The van der Waals surface area contributed by atoms with Gasteiger partial charge in [-0.2, -0.15) is 0 Å². The normalized spacial score (nSPS) is 23.6. The summed E-state index contributed by atoms with van der Waals surface area (Å²) in [5, 5.41) is 9.53. The Labute approximate surface area is 123 Å². The highest BCUT2D eigenvalue weighted by atomic mass is 16.3. The second kappa shape index (κ2) is 7.77. The smallest absolute Gasteiger partial charge is 0.0475 e. The third kappa shape index (κ3) is 4.58. The Morgan fingerprint density at radius 3 is 2.50 bits per heavy atom. The molecule has 0 aliphatic carbocycles. The molecule has 2 rings (SSSR count). The van der Waals surface area contributed by atoms with Gasteiger partial charge in [-0.1, -0.05) is 30.3 Å². The maximum Gasteiger partial charge on any atom is 0.0475 e. The number of aliphatic hydroxyl groups is 1. The van der Waals surface area contributed by atoms with Crippen molar-refractivity contribution in [1.82, 2.24) is 9.80 Å². The lowest BCUT2D eigenvalue weighted by Crippen LogP contribution is -2.28. The summed E-state index contributed by atoms with van der Waals surface area (Å²) in [5.41, 5.74) is 1.43. The molecular weight excluding hydrogens is 248 g/mol. The van der Waals surface area contributed by atoms with E-state index in [0.717, 1.165) is 32.6 Å². The van der Waals surface area contributed by atoms with Crippen LogP contribution in [0.3, 0.4) is 0 Å². The molecule has 1 aromatic rings. The summed E-state index contributed by atoms with van der Waals surface area (Å²) >= 11 is 0. The monoisotopic (exact) mass is 276 g/mol. The molecule has 0 spiro atoms. The van der Waals surface area contributed by atoms with Crippen molar-refractivity contribution in [1.29, 1.82) is 0 Å². The molecule has 1 fully saturated rings. The summed E-state index contributed by atoms with van der Waals surface area (Å²) < 4.78 is 0. The Hall–Kier alpha value is -0.900. The van der Waals surface area contributed by atoms with Gasteiger partial charge in [0.05, 0.1) is 0 Å². The van der Waals surface area contributed by atoms with Crippen LogP contribution in [0.15, 0.2) is 30.3 Å². The third-order valence-corrected chi connectivity index (χ3v) is 4.27. The number of aliphatic hydroxyl groups excluding tert-OH is 1. The Kier molecular flexibility index (Phi) is 6.02. The van der Waals surface area contributed by atoms with E-state index < -0.39 is 0 Å². The van der Waals surface area contributed by atoms with Gasteiger partial charge < -0.3 is 14.9 Å². The van der Waals surface area contributed by atoms with Crippen LogP contribution in [0, 0.1) is 11.8 Å². The van der Waals surface area contributed by atoms with Gasteiger partial charge in [0.25, 0.3) is 0 Å². The van der Waals surface area contributed by atoms with Gasteiger partial charge >= 0.3 is 0 Å². The van der Waals surface area contributed by atoms with Crippen molar-refractivity contribution in [2.45, 2.75) is 12.8 Å². The molecule has 0 radical (unpaired) electrons. The van der Waals surface area contributed by atoms with Crippen LogP contribution in [0.5, 0.6) is 0 Å². The number of aryl methyl sites for hydroxylation is 1. The van der Waals surface area contributed by atoms with Crippen molar-refractivity contribution >= 4 is 0 Å². The van der Waals surface area contributed by atoms with Gasteiger partial charge in [-0.05, 0) is 50.9 Å². The zero-order chi connectivity index (χ0) is 14.4. The Morgan fingerprint density at radius 1 is 1.15 bits per heavy atom. The molecular formula is C17H28N2O. The third-order valence-electron chi connectivity index (χ3n) is 4.27. The second-order valence-electron chi connectivity index (χ2n) is 6.31. The molecule has 0 amide bonds. The lowest BCUT2D eigenvalue weighted by atomic mass is 9.97. The first-order chi connectivity index (χ1) is 9.69. The van der Waals surface area contributed by atoms with E-state index in [1.807, 2.05) is 0 Å². The van der Waals surface area contributed by atoms with E-state index in [1.54, 1.807) is 0 Å². The van der Waals surface area contributed by atoms with Gasteiger partial charge in [-0.25, -0.2) is 0 Å². The van der Waals surface area contributed by atoms with E-state index in [-0.39, 0.29) is 0 Å². The van der Waals surface area contributed by atoms with E-state index >= 15 is 0 Å². The number of hydrogen-bond donors (Lipinski definition) is 1. The maximum absolute atomic E-state index is 9.53. The SMILES string of the molecule is CN(C)C[C@@H]1CN(CCCc2ccccc2)C[C@@H]1CO. The molecule has 3 heteroatoms. The highest BCUT2D eigenvalue weighted by molar-refractivity contribution is 5.14. The molecule has 1 N–H and O–H groups in total. The minimum Gasteiger partial charge on any atom is -0.396 e. The van der Waals surface area contributed by atoms with Crippen LogP contribution in [-0.4, -0.2) is 61.8 Å². The lowest BCUT2D eigenvalue weighted by molar-refractivity contribution is 0.184. The fourth-order valence-electron chi connectivity index (χ4n) is 3.25. The Morgan fingerprint density at radius 2 is 1.85 bits per heavy atom. The van der Waals surface area contributed by atoms with Crippen LogP contribution >= 0.6 is 0 Å². The average molecular weight is 276 g/mol. The zero-order valence-electron chi connectivity index (χ0n) is 12.8. The Bertz CT molecular complexity index is 380. The van der Waals surface area contributed by atoms with E-state index in [9.17, 15) is 5.11 Å². The highest BCUT2D eigenvalue weighted by Crippen LogP contribution is 2.23. The molecule has 3 nitrogen and oxygen atoms in total. The number of nitrogens with zero attached hydrogens (tertiary/aromatic N) is 2. The van der Waals surface area contributed by atoms with Gasteiger partial charge in [-0.3, -0.25) is 0 Å². The number of benzene rings is 1. The van der Waals surface area contributed by atoms with Crippen LogP contribution in [0.1, 0.15) is 12.0 Å². The summed E-state index contributed by atoms with van der Waals surface area (Å²) in [6, 6.07) is 10.7. The molecule has 1 aromatic carbocycles. The van der Waals surface area contributed by atoms with Crippen molar-refractivity contribution < 1.29 is 5.11 Å². The van der Waals surface area contributed by atoms with Gasteiger partial charge in [0, 0.05) is 26.2 Å². The summed E-state index contributed by atoms with van der Waals surface area (Å²) in [4.78, 5) is 4.76. The largest absolute Gasteiger partial charge is 0.396 e. The fraction of sp³-hybridized carbons (Fsp3) is 0.647. The number of likely N-dealkylation sites (tertiary alicyclic amines) is 1. The van der Waals surface area contributed by atoms with Crippen LogP contribution in [0.25, 0.3) is 0 Å². The molecule has 1 aliphatic heterocycles. The van der Waals surface area contributed by atoms with E-state index in [0.29, 0.717) is 18.4 Å². The quantitative estimate of drug-likeness (QED) is 0.821. The van der Waals surface area contributed by atoms with Crippen LogP contribution in [0.4, 0.5) is 0 Å². The topological polar surface area (TPSA) is 26.7 Å². The number of hydrogen-bond acceptors (Lipinski definition) is 3. The first kappa shape index (κ1) is 15.5. The lowest BCUT2D eigenvalue weighted by Gasteiger charge is -2.20. The van der Waals surface area contributed by atoms with Crippen molar-refractivity contribution in [2.24, 2.45) is 11.8 Å². The molecule has 0 bridgehead atoms. The minimum atomic E-state index is 0.327. The fourth-order valence-corrected chi connectivity index (χ4v) is 3.25. The molecule has 0 unspecified atom stereocenters. The molecule has 1 aliphatic rings. The summed E-state index contributed by atoms with van der Waals surface area (Å²) in [7, 11) is 4.24. The van der Waals surface area contributed by atoms with Gasteiger partial charge in [-0.15, -0.1) is 0 Å². The molecule has 1 saturated heterocycles. The maximum atomic E-state index is 9.53. The van der Waals surface area contributed by atoms with Gasteiger partial charge in [0.15, 0.2) is 0 Å². The van der Waals surface area contributed by atoms with Gasteiger partial charge in [0.2, 0.25) is 0 Å². The predicted octanol–water partition coefficient (Wildman–Crippen LogP) is 1.72. The molecule has 2 atom stereocenters. The van der Waals surface area contributed by atoms with Gasteiger partial charge in [0.1, 0.15) is 0 Å². The highest BCUT2D eigenvalue weighted by Gasteiger charge is 2.31. The number of rotatable bonds is 7. The summed E-state index contributed by atoms with van der Waals surface area (Å²) in [6.45, 7) is 4.76. The van der Waals surface area contributed by atoms with Crippen LogP contribution < -0.4 is 0 Å². The van der Waals surface area contributed by atoms with Crippen molar-refractivity contribution in [3.05, 3.63) is 35.9 Å². The first-order valence-electron chi connectivity index (χ1n) is 7.71. The zero-order valence-corrected chi connectivity index (χ0v) is 12.8. The first-order valence-corrected chi connectivity index (χ1v) is 7.71. The minimum absolute atomic E-state index is 0.327. The summed E-state index contributed by atoms with van der Waals surface area (Å²) in [5.74, 6) is 1.07. The van der Waals surface area contributed by atoms with E-state index in [1.165, 1.54) is 12.0 Å².